The fourth-order valence-electron chi connectivity index (χ4n) is 3.72. The van der Waals surface area contributed by atoms with Crippen molar-refractivity contribution in [2.45, 2.75) is 18.5 Å². The van der Waals surface area contributed by atoms with Crippen molar-refractivity contribution < 1.29 is 18.7 Å². The number of anilines is 2. The second-order valence-corrected chi connectivity index (χ2v) is 7.71. The van der Waals surface area contributed by atoms with Crippen LogP contribution in [-0.2, 0) is 11.2 Å². The molecule has 9 nitrogen and oxygen atoms in total. The van der Waals surface area contributed by atoms with Crippen molar-refractivity contribution in [2.24, 2.45) is 0 Å². The third-order valence-corrected chi connectivity index (χ3v) is 6.14. The first kappa shape index (κ1) is 17.3. The number of ether oxygens (including phenoxy) is 2. The Labute approximate surface area is 164 Å². The number of nitrogens with one attached hydrogen (secondary N) is 2. The number of hydrogen-bond acceptors (Lipinski definition) is 8. The van der Waals surface area contributed by atoms with Crippen LogP contribution in [0.1, 0.15) is 16.6 Å². The minimum atomic E-state index is -0.282. The number of rotatable bonds is 3. The van der Waals surface area contributed by atoms with E-state index in [1.165, 1.54) is 11.3 Å². The van der Waals surface area contributed by atoms with Crippen LogP contribution in [0, 0.1) is 0 Å². The summed E-state index contributed by atoms with van der Waals surface area (Å²) in [6, 6.07) is 5.91. The number of hydrogen-bond donors (Lipinski definition) is 2. The molecule has 4 heterocycles. The molecule has 2 bridgehead atoms. The molecule has 1 fully saturated rings. The monoisotopic (exact) mass is 401 g/mol. The van der Waals surface area contributed by atoms with E-state index in [4.69, 9.17) is 18.9 Å². The number of fused-ring (bicyclic) bond motifs is 5. The summed E-state index contributed by atoms with van der Waals surface area (Å²) in [5.74, 6) is 0.740. The number of aromatic nitrogens is 2. The molecule has 146 valence electrons. The first-order valence-corrected chi connectivity index (χ1v) is 9.77. The minimum Gasteiger partial charge on any atom is -0.497 e. The maximum Gasteiger partial charge on any atom is 0.320 e. The molecular formula is C18H19N5O4S. The van der Waals surface area contributed by atoms with E-state index in [1.54, 1.807) is 14.2 Å². The smallest absolute Gasteiger partial charge is 0.320 e. The minimum absolute atomic E-state index is 0.0461. The molecule has 1 saturated heterocycles. The molecule has 10 heteroatoms. The first-order valence-electron chi connectivity index (χ1n) is 8.95. The normalized spacial score (nSPS) is 20.7. The van der Waals surface area contributed by atoms with Gasteiger partial charge >= 0.3 is 6.03 Å². The number of urea groups is 1. The van der Waals surface area contributed by atoms with Crippen molar-refractivity contribution in [2.75, 3.05) is 37.6 Å². The Bertz CT molecular complexity index is 1050. The molecule has 2 atom stereocenters. The predicted octanol–water partition coefficient (Wildman–Crippen LogP) is 2.55. The summed E-state index contributed by atoms with van der Waals surface area (Å²) in [4.78, 5) is 24.2. The average molecular weight is 401 g/mol. The van der Waals surface area contributed by atoms with Gasteiger partial charge < -0.3 is 24.1 Å². The molecule has 0 aliphatic carbocycles. The van der Waals surface area contributed by atoms with E-state index >= 15 is 0 Å². The van der Waals surface area contributed by atoms with Crippen LogP contribution in [0.5, 0.6) is 5.75 Å². The van der Waals surface area contributed by atoms with Crippen LogP contribution in [0.4, 0.5) is 15.9 Å². The Morgan fingerprint density at radius 3 is 3.07 bits per heavy atom. The van der Waals surface area contributed by atoms with Crippen LogP contribution < -0.4 is 20.3 Å². The van der Waals surface area contributed by atoms with Gasteiger partial charge in [0.2, 0.25) is 0 Å². The molecule has 2 N–H and O–H groups in total. The highest BCUT2D eigenvalue weighted by molar-refractivity contribution is 7.16. The molecule has 28 heavy (non-hydrogen) atoms. The molecule has 0 saturated carbocycles. The van der Waals surface area contributed by atoms with Crippen LogP contribution in [-0.4, -0.2) is 49.4 Å². The van der Waals surface area contributed by atoms with E-state index in [9.17, 15) is 4.79 Å². The Morgan fingerprint density at radius 1 is 1.36 bits per heavy atom. The summed E-state index contributed by atoms with van der Waals surface area (Å²) in [7, 11) is 3.21. The van der Waals surface area contributed by atoms with Gasteiger partial charge in [-0.3, -0.25) is 5.32 Å². The quantitative estimate of drug-likeness (QED) is 0.695. The van der Waals surface area contributed by atoms with Gasteiger partial charge in [-0.05, 0) is 12.1 Å². The molecule has 1 aromatic carbocycles. The molecule has 2 aliphatic heterocycles. The maximum atomic E-state index is 11.6. The lowest BCUT2D eigenvalue weighted by Gasteiger charge is -2.43. The van der Waals surface area contributed by atoms with E-state index in [0.29, 0.717) is 36.4 Å². The molecule has 0 unspecified atom stereocenters. The van der Waals surface area contributed by atoms with E-state index in [0.717, 1.165) is 21.8 Å². The van der Waals surface area contributed by atoms with Crippen molar-refractivity contribution in [3.63, 3.8) is 0 Å². The third-order valence-electron chi connectivity index (χ3n) is 5.03. The summed E-state index contributed by atoms with van der Waals surface area (Å²) in [5, 5.41) is 5.89. The second-order valence-electron chi connectivity index (χ2n) is 6.68. The van der Waals surface area contributed by atoms with E-state index < -0.39 is 0 Å². The highest BCUT2D eigenvalue weighted by atomic mass is 32.1. The zero-order chi connectivity index (χ0) is 19.3. The number of thiazole rings is 1. The lowest BCUT2D eigenvalue weighted by atomic mass is 9.97. The van der Waals surface area contributed by atoms with Crippen molar-refractivity contribution in [1.82, 2.24) is 15.3 Å². The maximum absolute atomic E-state index is 11.6. The average Bonchev–Trinajstić information content (AvgIpc) is 3.30. The summed E-state index contributed by atoms with van der Waals surface area (Å²) in [6.45, 7) is 1.10. The molecule has 2 aromatic heterocycles. The predicted molar refractivity (Wildman–Crippen MR) is 104 cm³/mol. The Balaban J connectivity index is 1.52. The van der Waals surface area contributed by atoms with Crippen LogP contribution in [0.15, 0.2) is 22.6 Å². The highest BCUT2D eigenvalue weighted by Gasteiger charge is 2.42. The zero-order valence-electron chi connectivity index (χ0n) is 15.4. The van der Waals surface area contributed by atoms with Crippen molar-refractivity contribution in [3.05, 3.63) is 28.8 Å². The summed E-state index contributed by atoms with van der Waals surface area (Å²) in [5.41, 5.74) is 2.47. The lowest BCUT2D eigenvalue weighted by Crippen LogP contribution is -2.51. The van der Waals surface area contributed by atoms with Gasteiger partial charge in [0, 0.05) is 19.5 Å². The molecule has 2 aliphatic rings. The molecule has 0 radical (unpaired) electrons. The molecule has 2 amide bonds. The van der Waals surface area contributed by atoms with Crippen LogP contribution in [0.2, 0.25) is 0 Å². The Morgan fingerprint density at radius 2 is 2.25 bits per heavy atom. The van der Waals surface area contributed by atoms with Crippen molar-refractivity contribution in [3.8, 4) is 5.75 Å². The molecule has 5 rings (SSSR count). The van der Waals surface area contributed by atoms with Crippen molar-refractivity contribution in [1.29, 1.82) is 0 Å². The summed E-state index contributed by atoms with van der Waals surface area (Å²) < 4.78 is 17.2. The van der Waals surface area contributed by atoms with Gasteiger partial charge in [-0.2, -0.15) is 4.98 Å². The molecule has 3 aromatic rings. The standard InChI is InChI=1S/C18H19N5O4S/c1-19-16(24)22-17-20-12-5-9-7-26-8-13(15(12)28-17)23(9)18-21-11-6-10(25-2)3-4-14(11)27-18/h3-4,6,9,13H,5,7-8H2,1-2H3,(H2,19,20,22,24)/t9-,13-/m0/s1. The van der Waals surface area contributed by atoms with Gasteiger partial charge in [0.05, 0.1) is 43.0 Å². The van der Waals surface area contributed by atoms with E-state index in [2.05, 4.69) is 20.5 Å². The fraction of sp³-hybridized carbons (Fsp3) is 0.389. The van der Waals surface area contributed by atoms with Gasteiger partial charge in [-0.25, -0.2) is 9.78 Å². The number of oxazole rings is 1. The number of carbonyl (C=O) groups excluding carboxylic acids is 1. The zero-order valence-corrected chi connectivity index (χ0v) is 16.2. The number of amides is 2. The number of carbonyl (C=O) groups is 1. The third kappa shape index (κ3) is 2.76. The van der Waals surface area contributed by atoms with Gasteiger partial charge in [-0.15, -0.1) is 0 Å². The Kier molecular flexibility index (Phi) is 4.09. The van der Waals surface area contributed by atoms with Gasteiger partial charge in [0.1, 0.15) is 11.3 Å². The number of benzene rings is 1. The summed E-state index contributed by atoms with van der Waals surface area (Å²) in [6.07, 6.45) is 0.708. The van der Waals surface area contributed by atoms with E-state index in [-0.39, 0.29) is 18.1 Å². The van der Waals surface area contributed by atoms with E-state index in [1.807, 2.05) is 18.2 Å². The van der Waals surface area contributed by atoms with Crippen LogP contribution in [0.25, 0.3) is 11.1 Å². The molecule has 0 spiro atoms. The Hall–Kier alpha value is -2.85. The first-order chi connectivity index (χ1) is 13.7. The lowest BCUT2D eigenvalue weighted by molar-refractivity contribution is 0.0579. The highest BCUT2D eigenvalue weighted by Crippen LogP contribution is 2.43. The largest absolute Gasteiger partial charge is 0.497 e. The van der Waals surface area contributed by atoms with Crippen LogP contribution in [0.3, 0.4) is 0 Å². The number of methoxy groups -OCH3 is 1. The molecular weight excluding hydrogens is 382 g/mol. The van der Waals surface area contributed by atoms with Gasteiger partial charge in [0.15, 0.2) is 10.7 Å². The fourth-order valence-corrected chi connectivity index (χ4v) is 4.79. The number of morpholine rings is 1. The SMILES string of the molecule is CNC(=O)Nc1nc2c(s1)[C@@H]1COC[C@H](C2)N1c1nc2cc(OC)ccc2o1. The van der Waals surface area contributed by atoms with Gasteiger partial charge in [-0.1, -0.05) is 11.3 Å². The van der Waals surface area contributed by atoms with Gasteiger partial charge in [0.25, 0.3) is 6.01 Å². The van der Waals surface area contributed by atoms with Crippen LogP contribution >= 0.6 is 11.3 Å². The topological polar surface area (TPSA) is 102 Å². The van der Waals surface area contributed by atoms with Crippen molar-refractivity contribution >= 4 is 39.6 Å². The number of nitrogens with zero attached hydrogens (tertiary/aromatic N) is 3. The summed E-state index contributed by atoms with van der Waals surface area (Å²) >= 11 is 1.46. The second kappa shape index (κ2) is 6.64.